The zero-order valence-corrected chi connectivity index (χ0v) is 15.2. The lowest BCUT2D eigenvalue weighted by Gasteiger charge is -2.38. The van der Waals surface area contributed by atoms with E-state index in [0.717, 1.165) is 6.07 Å². The summed E-state index contributed by atoms with van der Waals surface area (Å²) in [5, 5.41) is 9.52. The van der Waals surface area contributed by atoms with Crippen molar-refractivity contribution in [2.75, 3.05) is 0 Å². The summed E-state index contributed by atoms with van der Waals surface area (Å²) in [6.45, 7) is 13.2. The Balaban J connectivity index is 3.39. The highest BCUT2D eigenvalue weighted by molar-refractivity contribution is 6.90. The van der Waals surface area contributed by atoms with E-state index in [1.165, 1.54) is 0 Å². The molecule has 0 fully saturated rings. The van der Waals surface area contributed by atoms with Crippen molar-refractivity contribution in [3.63, 3.8) is 0 Å². The Labute approximate surface area is 132 Å². The molecule has 2 nitrogen and oxygen atoms in total. The maximum absolute atomic E-state index is 13.2. The molecule has 21 heavy (non-hydrogen) atoms. The summed E-state index contributed by atoms with van der Waals surface area (Å²) < 4.78 is 13.2. The molecule has 0 amide bonds. The van der Waals surface area contributed by atoms with Crippen LogP contribution in [0.2, 0.25) is 21.8 Å². The third-order valence-corrected chi connectivity index (χ3v) is 10.7. The summed E-state index contributed by atoms with van der Waals surface area (Å²) in [6.07, 6.45) is 0. The summed E-state index contributed by atoms with van der Waals surface area (Å²) in [5.41, 5.74) is 5.00. The fraction of sp³-hybridized carbons (Fsp3) is 0.562. The van der Waals surface area contributed by atoms with E-state index in [0.29, 0.717) is 16.6 Å². The van der Waals surface area contributed by atoms with E-state index >= 15 is 0 Å². The van der Waals surface area contributed by atoms with E-state index in [4.69, 9.17) is 11.6 Å². The van der Waals surface area contributed by atoms with Crippen molar-refractivity contribution in [3.8, 4) is 17.2 Å². The van der Waals surface area contributed by atoms with E-state index in [2.05, 4.69) is 58.0 Å². The maximum atomic E-state index is 13.2. The van der Waals surface area contributed by atoms with Crippen LogP contribution in [0.3, 0.4) is 0 Å². The number of rotatable bonds is 3. The fourth-order valence-corrected chi connectivity index (χ4v) is 8.49. The van der Waals surface area contributed by atoms with Gasteiger partial charge in [-0.3, -0.25) is 0 Å². The molecule has 1 aromatic rings. The van der Waals surface area contributed by atoms with Gasteiger partial charge in [-0.1, -0.05) is 59.1 Å². The Hall–Kier alpha value is -1.05. The highest BCUT2D eigenvalue weighted by Crippen LogP contribution is 2.40. The van der Waals surface area contributed by atoms with Crippen LogP contribution in [0, 0.1) is 17.3 Å². The van der Waals surface area contributed by atoms with Gasteiger partial charge in [0.25, 0.3) is 0 Å². The van der Waals surface area contributed by atoms with Gasteiger partial charge in [-0.25, -0.2) is 9.37 Å². The molecule has 5 heteroatoms. The van der Waals surface area contributed by atoms with Gasteiger partial charge in [0.2, 0.25) is 0 Å². The van der Waals surface area contributed by atoms with Gasteiger partial charge in [0.1, 0.15) is 8.07 Å². The first kappa shape index (κ1) is 18.0. The molecule has 1 N–H and O–H groups in total. The fourth-order valence-electron chi connectivity index (χ4n) is 3.15. The molecule has 1 aromatic heterocycles. The van der Waals surface area contributed by atoms with Crippen molar-refractivity contribution in [1.82, 2.24) is 4.98 Å². The van der Waals surface area contributed by atoms with Gasteiger partial charge in [-0.2, -0.15) is 0 Å². The van der Waals surface area contributed by atoms with Crippen molar-refractivity contribution in [3.05, 3.63) is 22.7 Å². The van der Waals surface area contributed by atoms with Crippen LogP contribution in [0.1, 0.15) is 47.2 Å². The SMILES string of the molecule is CC(C)[Si](C#Cc1nc(Cl)c(F)cc1O)(C(C)C)C(C)C. The number of halogens is 2. The largest absolute Gasteiger partial charge is 0.505 e. The summed E-state index contributed by atoms with van der Waals surface area (Å²) in [4.78, 5) is 3.84. The Morgan fingerprint density at radius 3 is 2.05 bits per heavy atom. The lowest BCUT2D eigenvalue weighted by atomic mass is 10.3. The van der Waals surface area contributed by atoms with Crippen molar-refractivity contribution in [2.24, 2.45) is 0 Å². The zero-order valence-electron chi connectivity index (χ0n) is 13.5. The monoisotopic (exact) mass is 327 g/mol. The lowest BCUT2D eigenvalue weighted by molar-refractivity contribution is 0.463. The second-order valence-electron chi connectivity index (χ2n) is 6.28. The number of nitrogens with zero attached hydrogens (tertiary/aromatic N) is 1. The third kappa shape index (κ3) is 3.59. The molecule has 0 aliphatic carbocycles. The smallest absolute Gasteiger partial charge is 0.166 e. The number of hydrogen-bond donors (Lipinski definition) is 1. The van der Waals surface area contributed by atoms with E-state index in [-0.39, 0.29) is 16.6 Å². The van der Waals surface area contributed by atoms with Crippen LogP contribution < -0.4 is 0 Å². The van der Waals surface area contributed by atoms with Gasteiger partial charge in [-0.15, -0.1) is 5.54 Å². The minimum Gasteiger partial charge on any atom is -0.505 e. The molecule has 0 atom stereocenters. The van der Waals surface area contributed by atoms with Crippen LogP contribution in [-0.4, -0.2) is 18.2 Å². The highest BCUT2D eigenvalue weighted by atomic mass is 35.5. The molecular formula is C16H23ClFNOSi. The van der Waals surface area contributed by atoms with E-state index in [1.54, 1.807) is 0 Å². The molecule has 0 saturated carbocycles. The average Bonchev–Trinajstić information content (AvgIpc) is 2.34. The summed E-state index contributed by atoms with van der Waals surface area (Å²) in [7, 11) is -1.91. The van der Waals surface area contributed by atoms with Gasteiger partial charge >= 0.3 is 0 Å². The third-order valence-electron chi connectivity index (χ3n) is 4.18. The van der Waals surface area contributed by atoms with Crippen molar-refractivity contribution >= 4 is 19.7 Å². The van der Waals surface area contributed by atoms with Gasteiger partial charge < -0.3 is 5.11 Å². The van der Waals surface area contributed by atoms with Crippen molar-refractivity contribution < 1.29 is 9.50 Å². The first-order valence-corrected chi connectivity index (χ1v) is 9.82. The van der Waals surface area contributed by atoms with Gasteiger partial charge in [0.15, 0.2) is 22.4 Å². The highest BCUT2D eigenvalue weighted by Gasteiger charge is 2.41. The van der Waals surface area contributed by atoms with Crippen LogP contribution in [0.25, 0.3) is 0 Å². The Morgan fingerprint density at radius 2 is 1.62 bits per heavy atom. The molecule has 0 unspecified atom stereocenters. The van der Waals surface area contributed by atoms with Crippen LogP contribution in [-0.2, 0) is 0 Å². The summed E-state index contributed by atoms with van der Waals surface area (Å²) >= 11 is 5.67. The first-order valence-electron chi connectivity index (χ1n) is 7.21. The standard InChI is InChI=1S/C16H23ClFNOSi/c1-10(2)21(11(3)4,12(5)6)8-7-14-15(20)9-13(18)16(17)19-14/h9-12,20H,1-6H3. The minimum atomic E-state index is -1.91. The number of pyridine rings is 1. The second-order valence-corrected chi connectivity index (χ2v) is 12.2. The predicted octanol–water partition coefficient (Wildman–Crippen LogP) is 5.15. The Kier molecular flexibility index (Phi) is 5.83. The van der Waals surface area contributed by atoms with E-state index in [9.17, 15) is 9.50 Å². The molecule has 1 heterocycles. The number of hydrogen-bond acceptors (Lipinski definition) is 2. The van der Waals surface area contributed by atoms with E-state index < -0.39 is 13.9 Å². The van der Waals surface area contributed by atoms with Crippen LogP contribution in [0.5, 0.6) is 5.75 Å². The molecule has 0 aromatic carbocycles. The average molecular weight is 328 g/mol. The molecule has 0 aliphatic rings. The molecule has 1 rings (SSSR count). The van der Waals surface area contributed by atoms with Gasteiger partial charge in [0.05, 0.1) is 0 Å². The lowest BCUT2D eigenvalue weighted by Crippen LogP contribution is -2.43. The predicted molar refractivity (Wildman–Crippen MR) is 88.8 cm³/mol. The van der Waals surface area contributed by atoms with Gasteiger partial charge in [-0.05, 0) is 16.6 Å². The molecule has 0 radical (unpaired) electrons. The molecular weight excluding hydrogens is 305 g/mol. The Bertz CT molecular complexity index is 554. The summed E-state index contributed by atoms with van der Waals surface area (Å²) in [6, 6.07) is 0.961. The normalized spacial score (nSPS) is 12.0. The molecule has 0 aliphatic heterocycles. The topological polar surface area (TPSA) is 33.1 Å². The van der Waals surface area contributed by atoms with Gasteiger partial charge in [0, 0.05) is 6.07 Å². The van der Waals surface area contributed by atoms with E-state index in [1.807, 2.05) is 0 Å². The molecule has 0 bridgehead atoms. The number of aromatic nitrogens is 1. The van der Waals surface area contributed by atoms with Crippen LogP contribution in [0.15, 0.2) is 6.07 Å². The van der Waals surface area contributed by atoms with Crippen LogP contribution in [0.4, 0.5) is 4.39 Å². The molecule has 116 valence electrons. The maximum Gasteiger partial charge on any atom is 0.166 e. The second kappa shape index (κ2) is 6.80. The van der Waals surface area contributed by atoms with Crippen molar-refractivity contribution in [2.45, 2.75) is 58.2 Å². The zero-order chi connectivity index (χ0) is 16.4. The van der Waals surface area contributed by atoms with Crippen LogP contribution >= 0.6 is 11.6 Å². The van der Waals surface area contributed by atoms with Crippen molar-refractivity contribution in [1.29, 1.82) is 0 Å². The quantitative estimate of drug-likeness (QED) is 0.473. The molecule has 0 spiro atoms. The molecule has 0 saturated heterocycles. The summed E-state index contributed by atoms with van der Waals surface area (Å²) in [5.74, 6) is 1.97. The first-order chi connectivity index (χ1) is 9.62. The minimum absolute atomic E-state index is 0.153. The number of aromatic hydroxyl groups is 1. The Morgan fingerprint density at radius 1 is 1.14 bits per heavy atom.